The number of fused-ring (bicyclic) bond motifs is 1. The van der Waals surface area contributed by atoms with Gasteiger partial charge < -0.3 is 20.2 Å². The van der Waals surface area contributed by atoms with Crippen molar-refractivity contribution in [1.82, 2.24) is 10.6 Å². The Bertz CT molecular complexity index is 858. The minimum absolute atomic E-state index is 0.171. The molecule has 2 unspecified atom stereocenters. The Balaban J connectivity index is 1.70. The lowest BCUT2D eigenvalue weighted by atomic mass is 10.1. The third-order valence-electron chi connectivity index (χ3n) is 4.31. The molecule has 0 fully saturated rings. The largest absolute Gasteiger partial charge is 0.459 e. The molecule has 3 N–H and O–H groups in total. The topological polar surface area (TPSA) is 74.5 Å². The number of rotatable bonds is 5. The van der Waals surface area contributed by atoms with Gasteiger partial charge in [-0.25, -0.2) is 4.79 Å². The first-order valence-electron chi connectivity index (χ1n) is 8.31. The van der Waals surface area contributed by atoms with E-state index in [1.165, 1.54) is 0 Å². The summed E-state index contributed by atoms with van der Waals surface area (Å²) >= 11 is 0. The number of hydrogen-bond donors (Lipinski definition) is 3. The Morgan fingerprint density at radius 1 is 1.08 bits per heavy atom. The van der Waals surface area contributed by atoms with E-state index >= 15 is 0 Å². The van der Waals surface area contributed by atoms with Crippen LogP contribution in [0.25, 0.3) is 11.0 Å². The Kier molecular flexibility index (Phi) is 5.05. The van der Waals surface area contributed by atoms with Crippen molar-refractivity contribution in [3.8, 4) is 0 Å². The van der Waals surface area contributed by atoms with E-state index in [0.29, 0.717) is 0 Å². The molecule has 5 nitrogen and oxygen atoms in total. The number of para-hydroxylation sites is 1. The molecule has 0 radical (unpaired) electrons. The summed E-state index contributed by atoms with van der Waals surface area (Å²) in [4.78, 5) is 12.3. The minimum Gasteiger partial charge on any atom is -0.459 e. The number of nitrogens with one attached hydrogen (secondary N) is 2. The van der Waals surface area contributed by atoms with Crippen LogP contribution in [0.15, 0.2) is 59.0 Å². The third-order valence-corrected chi connectivity index (χ3v) is 4.31. The van der Waals surface area contributed by atoms with Crippen LogP contribution in [0.3, 0.4) is 0 Å². The highest BCUT2D eigenvalue weighted by Gasteiger charge is 2.20. The Morgan fingerprint density at radius 2 is 1.76 bits per heavy atom. The minimum atomic E-state index is -0.454. The molecule has 0 saturated carbocycles. The van der Waals surface area contributed by atoms with Gasteiger partial charge in [-0.15, -0.1) is 0 Å². The first kappa shape index (κ1) is 17.0. The highest BCUT2D eigenvalue weighted by atomic mass is 16.3. The van der Waals surface area contributed by atoms with E-state index < -0.39 is 6.04 Å². The molecule has 0 aliphatic rings. The number of aryl methyl sites for hydroxylation is 1. The molecule has 5 heteroatoms. The molecule has 2 amide bonds. The van der Waals surface area contributed by atoms with Crippen molar-refractivity contribution in [3.63, 3.8) is 0 Å². The Hall–Kier alpha value is -2.79. The van der Waals surface area contributed by atoms with Crippen molar-refractivity contribution in [3.05, 3.63) is 71.5 Å². The molecule has 25 heavy (non-hydrogen) atoms. The predicted molar refractivity (Wildman–Crippen MR) is 97.3 cm³/mol. The van der Waals surface area contributed by atoms with Gasteiger partial charge in [0.25, 0.3) is 0 Å². The quantitative estimate of drug-likeness (QED) is 0.662. The summed E-state index contributed by atoms with van der Waals surface area (Å²) in [7, 11) is 0. The lowest BCUT2D eigenvalue weighted by Gasteiger charge is -2.19. The highest BCUT2D eigenvalue weighted by Crippen LogP contribution is 2.29. The molecule has 0 saturated heterocycles. The smallest absolute Gasteiger partial charge is 0.315 e. The van der Waals surface area contributed by atoms with Crippen molar-refractivity contribution in [2.45, 2.75) is 25.9 Å². The number of furan rings is 1. The summed E-state index contributed by atoms with van der Waals surface area (Å²) in [6.07, 6.45) is 0. The Labute approximate surface area is 146 Å². The lowest BCUT2D eigenvalue weighted by molar-refractivity contribution is 0.213. The van der Waals surface area contributed by atoms with E-state index in [2.05, 4.69) is 10.6 Å². The maximum absolute atomic E-state index is 12.3. The molecule has 3 rings (SSSR count). The lowest BCUT2D eigenvalue weighted by Crippen LogP contribution is -2.40. The third kappa shape index (κ3) is 3.67. The van der Waals surface area contributed by atoms with E-state index in [0.717, 1.165) is 27.9 Å². The fraction of sp³-hybridized carbons (Fsp3) is 0.250. The zero-order chi connectivity index (χ0) is 17.8. The molecule has 0 spiro atoms. The predicted octanol–water partition coefficient (Wildman–Crippen LogP) is 3.84. The van der Waals surface area contributed by atoms with E-state index in [-0.39, 0.29) is 18.7 Å². The van der Waals surface area contributed by atoms with Crippen molar-refractivity contribution in [2.24, 2.45) is 0 Å². The number of benzene rings is 2. The zero-order valence-corrected chi connectivity index (χ0v) is 14.3. The van der Waals surface area contributed by atoms with E-state index in [9.17, 15) is 9.90 Å². The SMILES string of the molecule is Cc1c(C(C)NC(=O)NC(CO)c2ccccc2)oc2ccccc12. The van der Waals surface area contributed by atoms with E-state index in [4.69, 9.17) is 4.42 Å². The maximum Gasteiger partial charge on any atom is 0.315 e. The van der Waals surface area contributed by atoms with Gasteiger partial charge in [0.2, 0.25) is 0 Å². The molecule has 3 aromatic rings. The number of carbonyl (C=O) groups excluding carboxylic acids is 1. The molecule has 1 aromatic heterocycles. The first-order valence-corrected chi connectivity index (χ1v) is 8.31. The van der Waals surface area contributed by atoms with Crippen LogP contribution in [0.2, 0.25) is 0 Å². The van der Waals surface area contributed by atoms with Gasteiger partial charge in [0.05, 0.1) is 18.7 Å². The van der Waals surface area contributed by atoms with Crippen LogP contribution in [-0.4, -0.2) is 17.7 Å². The molecule has 0 aliphatic carbocycles. The van der Waals surface area contributed by atoms with Crippen molar-refractivity contribution >= 4 is 17.0 Å². The molecule has 2 atom stereocenters. The maximum atomic E-state index is 12.3. The zero-order valence-electron chi connectivity index (χ0n) is 14.3. The number of urea groups is 1. The fourth-order valence-electron chi connectivity index (χ4n) is 2.99. The molecular formula is C20H22N2O3. The van der Waals surface area contributed by atoms with Gasteiger partial charge in [-0.1, -0.05) is 48.5 Å². The first-order chi connectivity index (χ1) is 12.1. The van der Waals surface area contributed by atoms with Gasteiger partial charge in [0, 0.05) is 10.9 Å². The second kappa shape index (κ2) is 7.40. The molecule has 0 aliphatic heterocycles. The number of aliphatic hydroxyl groups is 1. The number of aliphatic hydroxyl groups excluding tert-OH is 1. The average molecular weight is 338 g/mol. The highest BCUT2D eigenvalue weighted by molar-refractivity contribution is 5.82. The fourth-order valence-corrected chi connectivity index (χ4v) is 2.99. The second-order valence-electron chi connectivity index (χ2n) is 6.07. The van der Waals surface area contributed by atoms with Crippen LogP contribution in [0.1, 0.15) is 35.9 Å². The van der Waals surface area contributed by atoms with Crippen molar-refractivity contribution in [2.75, 3.05) is 6.61 Å². The molecule has 1 heterocycles. The summed E-state index contributed by atoms with van der Waals surface area (Å²) in [6, 6.07) is 16.1. The average Bonchev–Trinajstić information content (AvgIpc) is 2.97. The van der Waals surface area contributed by atoms with Crippen LogP contribution >= 0.6 is 0 Å². The van der Waals surface area contributed by atoms with E-state index in [1.807, 2.05) is 68.4 Å². The van der Waals surface area contributed by atoms with Gasteiger partial charge in [0.1, 0.15) is 11.3 Å². The molecule has 2 aromatic carbocycles. The van der Waals surface area contributed by atoms with Gasteiger partial charge >= 0.3 is 6.03 Å². The van der Waals surface area contributed by atoms with Crippen LogP contribution in [0, 0.1) is 6.92 Å². The van der Waals surface area contributed by atoms with Crippen molar-refractivity contribution in [1.29, 1.82) is 0 Å². The van der Waals surface area contributed by atoms with Gasteiger partial charge in [-0.2, -0.15) is 0 Å². The van der Waals surface area contributed by atoms with Crippen LogP contribution in [-0.2, 0) is 0 Å². The number of hydrogen-bond acceptors (Lipinski definition) is 3. The molecule has 130 valence electrons. The van der Waals surface area contributed by atoms with Gasteiger partial charge in [0.15, 0.2) is 0 Å². The van der Waals surface area contributed by atoms with Gasteiger partial charge in [-0.3, -0.25) is 0 Å². The number of carbonyl (C=O) groups is 1. The summed E-state index contributed by atoms with van der Waals surface area (Å²) in [6.45, 7) is 3.69. The van der Waals surface area contributed by atoms with Gasteiger partial charge in [-0.05, 0) is 25.5 Å². The van der Waals surface area contributed by atoms with Crippen LogP contribution < -0.4 is 10.6 Å². The molecular weight excluding hydrogens is 316 g/mol. The normalized spacial score (nSPS) is 13.4. The monoisotopic (exact) mass is 338 g/mol. The standard InChI is InChI=1S/C20H22N2O3/c1-13-16-10-6-7-11-18(16)25-19(13)14(2)21-20(24)22-17(12-23)15-8-4-3-5-9-15/h3-11,14,17,23H,12H2,1-2H3,(H2,21,22,24). The van der Waals surface area contributed by atoms with Crippen LogP contribution in [0.4, 0.5) is 4.79 Å². The van der Waals surface area contributed by atoms with Crippen LogP contribution in [0.5, 0.6) is 0 Å². The van der Waals surface area contributed by atoms with E-state index in [1.54, 1.807) is 0 Å². The Morgan fingerprint density at radius 3 is 2.44 bits per heavy atom. The van der Waals surface area contributed by atoms with Crippen molar-refractivity contribution < 1.29 is 14.3 Å². The summed E-state index contributed by atoms with van der Waals surface area (Å²) in [5.74, 6) is 0.733. The second-order valence-corrected chi connectivity index (χ2v) is 6.07. The number of amides is 2. The summed E-state index contributed by atoms with van der Waals surface area (Å²) < 4.78 is 5.89. The summed E-state index contributed by atoms with van der Waals surface area (Å²) in [5, 5.41) is 16.3. The molecule has 0 bridgehead atoms. The summed E-state index contributed by atoms with van der Waals surface area (Å²) in [5.41, 5.74) is 2.68.